The number of aryl methyl sites for hydroxylation is 1. The van der Waals surface area contributed by atoms with Crippen LogP contribution in [0.4, 0.5) is 0 Å². The fraction of sp³-hybridized carbons (Fsp3) is 0.233. The third-order valence-electron chi connectivity index (χ3n) is 9.55. The van der Waals surface area contributed by atoms with Crippen molar-refractivity contribution >= 4 is 27.7 Å². The number of sulfonamides is 1. The normalized spacial score (nSPS) is 17.6. The van der Waals surface area contributed by atoms with Gasteiger partial charge in [-0.05, 0) is 64.9 Å². The Morgan fingerprint density at radius 2 is 1.59 bits per heavy atom. The summed E-state index contributed by atoms with van der Waals surface area (Å²) in [4.78, 5) is 17.9. The maximum Gasteiger partial charge on any atom is 0.241 e. The molecule has 0 spiro atoms. The van der Waals surface area contributed by atoms with E-state index in [-0.39, 0.29) is 36.7 Å². The van der Waals surface area contributed by atoms with Crippen LogP contribution in [0.15, 0.2) is 144 Å². The quantitative estimate of drug-likeness (QED) is 0.0821. The molecule has 0 aliphatic carbocycles. The van der Waals surface area contributed by atoms with E-state index in [1.54, 1.807) is 23.9 Å². The summed E-state index contributed by atoms with van der Waals surface area (Å²) in [6.07, 6.45) is 1.40. The van der Waals surface area contributed by atoms with Crippen molar-refractivity contribution in [1.82, 2.24) is 25.2 Å². The van der Waals surface area contributed by atoms with E-state index >= 15 is 0 Å². The van der Waals surface area contributed by atoms with Gasteiger partial charge < -0.3 is 19.9 Å². The number of ether oxygens (including phenoxy) is 2. The molecular weight excluding hydrogens is 747 g/mol. The molecule has 1 amide bonds. The highest BCUT2D eigenvalue weighted by molar-refractivity contribution is 7.99. The van der Waals surface area contributed by atoms with Crippen molar-refractivity contribution in [2.45, 2.75) is 67.5 Å². The zero-order chi connectivity index (χ0) is 38.9. The van der Waals surface area contributed by atoms with Gasteiger partial charge in [0.15, 0.2) is 11.4 Å². The molecule has 13 heteroatoms. The van der Waals surface area contributed by atoms with Crippen LogP contribution in [0.2, 0.25) is 0 Å². The van der Waals surface area contributed by atoms with E-state index in [4.69, 9.17) is 9.47 Å². The first-order chi connectivity index (χ1) is 27.2. The molecule has 11 nitrogen and oxygen atoms in total. The van der Waals surface area contributed by atoms with E-state index < -0.39 is 28.3 Å². The molecule has 0 bridgehead atoms. The van der Waals surface area contributed by atoms with Crippen molar-refractivity contribution in [3.8, 4) is 11.1 Å². The van der Waals surface area contributed by atoms with Gasteiger partial charge in [-0.25, -0.2) is 13.4 Å². The topological polar surface area (TPSA) is 156 Å². The standard InChI is InChI=1S/C43H43N5O6S2/c1-29-10-20-38(21-11-29)56(51,52)48-39(23-30-6-3-2-4-7-30)41(50)44-25-32-8-5-9-36(22-32)33-16-18-35(19-17-33)42-53-37(27-55-43-45-28-46-47-43)24-40(54-42)34-14-12-31(26-49)13-15-34/h2-22,28,37,39-40,42,48-49H,23-27H2,1H3,(H,44,50)(H,45,46,47)/t37-,39-,40+,42+/m1/s1. The zero-order valence-electron chi connectivity index (χ0n) is 30.7. The molecule has 0 unspecified atom stereocenters. The van der Waals surface area contributed by atoms with Gasteiger partial charge in [-0.1, -0.05) is 127 Å². The number of nitrogens with one attached hydrogen (secondary N) is 3. The van der Waals surface area contributed by atoms with Gasteiger partial charge in [0.1, 0.15) is 12.4 Å². The molecule has 4 atom stereocenters. The zero-order valence-corrected chi connectivity index (χ0v) is 32.4. The summed E-state index contributed by atoms with van der Waals surface area (Å²) in [5.41, 5.74) is 7.29. The van der Waals surface area contributed by atoms with Crippen LogP contribution in [0, 0.1) is 6.92 Å². The maximum atomic E-state index is 13.6. The molecule has 0 saturated carbocycles. The molecule has 0 radical (unpaired) electrons. The summed E-state index contributed by atoms with van der Waals surface area (Å²) >= 11 is 1.54. The van der Waals surface area contributed by atoms with Crippen LogP contribution in [-0.4, -0.2) is 52.5 Å². The molecule has 4 N–H and O–H groups in total. The van der Waals surface area contributed by atoms with Crippen molar-refractivity contribution in [3.05, 3.63) is 167 Å². The van der Waals surface area contributed by atoms with Crippen LogP contribution in [-0.2, 0) is 43.9 Å². The van der Waals surface area contributed by atoms with Gasteiger partial charge in [0.2, 0.25) is 15.9 Å². The lowest BCUT2D eigenvalue weighted by Gasteiger charge is -2.36. The van der Waals surface area contributed by atoms with Crippen LogP contribution in [0.1, 0.15) is 52.2 Å². The molecule has 1 saturated heterocycles. The van der Waals surface area contributed by atoms with E-state index in [0.717, 1.165) is 49.7 Å². The second-order valence-electron chi connectivity index (χ2n) is 13.7. The van der Waals surface area contributed by atoms with Gasteiger partial charge in [-0.2, -0.15) is 9.82 Å². The van der Waals surface area contributed by atoms with Gasteiger partial charge in [0.25, 0.3) is 0 Å². The van der Waals surface area contributed by atoms with Crippen molar-refractivity contribution < 1.29 is 27.8 Å². The number of aliphatic hydroxyl groups excluding tert-OH is 1. The molecule has 1 aliphatic heterocycles. The number of thioether (sulfide) groups is 1. The molecule has 1 fully saturated rings. The number of aromatic nitrogens is 3. The van der Waals surface area contributed by atoms with Crippen LogP contribution in [0.5, 0.6) is 0 Å². The number of carbonyl (C=O) groups is 1. The predicted molar refractivity (Wildman–Crippen MR) is 215 cm³/mol. The van der Waals surface area contributed by atoms with E-state index in [2.05, 4.69) is 25.2 Å². The van der Waals surface area contributed by atoms with Crippen LogP contribution in [0.3, 0.4) is 0 Å². The molecule has 6 aromatic rings. The summed E-state index contributed by atoms with van der Waals surface area (Å²) < 4.78 is 42.3. The Labute approximate surface area is 331 Å². The van der Waals surface area contributed by atoms with E-state index in [0.29, 0.717) is 12.2 Å². The average Bonchev–Trinajstić information content (AvgIpc) is 3.76. The molecule has 56 heavy (non-hydrogen) atoms. The lowest BCUT2D eigenvalue weighted by molar-refractivity contribution is -0.245. The average molecular weight is 790 g/mol. The Hall–Kier alpha value is -5.15. The highest BCUT2D eigenvalue weighted by Gasteiger charge is 2.32. The van der Waals surface area contributed by atoms with Gasteiger partial charge >= 0.3 is 0 Å². The van der Waals surface area contributed by atoms with Gasteiger partial charge in [-0.3, -0.25) is 9.89 Å². The molecule has 7 rings (SSSR count). The summed E-state index contributed by atoms with van der Waals surface area (Å²) in [6.45, 7) is 2.07. The second-order valence-corrected chi connectivity index (χ2v) is 16.4. The Balaban J connectivity index is 1.03. The van der Waals surface area contributed by atoms with Gasteiger partial charge in [-0.15, -0.1) is 0 Å². The predicted octanol–water partition coefficient (Wildman–Crippen LogP) is 6.82. The molecule has 5 aromatic carbocycles. The Kier molecular flexibility index (Phi) is 12.7. The summed E-state index contributed by atoms with van der Waals surface area (Å²) in [6, 6.07) is 38.6. The molecule has 288 valence electrons. The minimum atomic E-state index is -3.96. The van der Waals surface area contributed by atoms with Crippen molar-refractivity contribution in [2.24, 2.45) is 0 Å². The van der Waals surface area contributed by atoms with Gasteiger partial charge in [0, 0.05) is 24.3 Å². The van der Waals surface area contributed by atoms with Crippen molar-refractivity contribution in [1.29, 1.82) is 0 Å². The number of nitrogens with zero attached hydrogens (tertiary/aromatic N) is 2. The van der Waals surface area contributed by atoms with Crippen molar-refractivity contribution in [3.63, 3.8) is 0 Å². The van der Waals surface area contributed by atoms with E-state index in [9.17, 15) is 18.3 Å². The van der Waals surface area contributed by atoms with E-state index in [1.165, 1.54) is 18.5 Å². The number of aliphatic hydroxyl groups is 1. The fourth-order valence-electron chi connectivity index (χ4n) is 6.47. The van der Waals surface area contributed by atoms with Crippen molar-refractivity contribution in [2.75, 3.05) is 5.75 Å². The summed E-state index contributed by atoms with van der Waals surface area (Å²) in [5.74, 6) is 0.236. The fourth-order valence-corrected chi connectivity index (χ4v) is 8.47. The smallest absolute Gasteiger partial charge is 0.241 e. The Bertz CT molecular complexity index is 2290. The molecule has 1 aliphatic rings. The first-order valence-electron chi connectivity index (χ1n) is 18.3. The number of H-pyrrole nitrogens is 1. The number of carbonyl (C=O) groups excluding carboxylic acids is 1. The molecule has 2 heterocycles. The highest BCUT2D eigenvalue weighted by Crippen LogP contribution is 2.39. The highest BCUT2D eigenvalue weighted by atomic mass is 32.2. The SMILES string of the molecule is Cc1ccc(S(=O)(=O)N[C@H](Cc2ccccc2)C(=O)NCc2cccc(-c3ccc([C@H]4O[C@@H](CSc5ncn[nH]5)C[C@@H](c5ccc(CO)cc5)O4)cc3)c2)cc1. The largest absolute Gasteiger partial charge is 0.392 e. The number of rotatable bonds is 15. The lowest BCUT2D eigenvalue weighted by Crippen LogP contribution is -2.47. The first kappa shape index (κ1) is 39.1. The van der Waals surface area contributed by atoms with Crippen LogP contribution < -0.4 is 10.0 Å². The van der Waals surface area contributed by atoms with Gasteiger partial charge in [0.05, 0.1) is 23.7 Å². The van der Waals surface area contributed by atoms with E-state index in [1.807, 2.05) is 110 Å². The lowest BCUT2D eigenvalue weighted by atomic mass is 9.99. The summed E-state index contributed by atoms with van der Waals surface area (Å²) in [7, 11) is -3.96. The third-order valence-corrected chi connectivity index (χ3v) is 12.0. The number of amides is 1. The number of aromatic amines is 1. The number of benzene rings is 5. The molecule has 1 aromatic heterocycles. The molecular formula is C43H43N5O6S2. The Morgan fingerprint density at radius 3 is 2.30 bits per heavy atom. The minimum Gasteiger partial charge on any atom is -0.392 e. The number of hydrogen-bond acceptors (Lipinski definition) is 9. The second kappa shape index (κ2) is 18.2. The minimum absolute atomic E-state index is 0.0218. The first-order valence-corrected chi connectivity index (χ1v) is 20.8. The monoisotopic (exact) mass is 789 g/mol. The van der Waals surface area contributed by atoms with Crippen LogP contribution >= 0.6 is 11.8 Å². The maximum absolute atomic E-state index is 13.6. The van der Waals surface area contributed by atoms with Crippen LogP contribution in [0.25, 0.3) is 11.1 Å². The Morgan fingerprint density at radius 1 is 0.857 bits per heavy atom. The number of hydrogen-bond donors (Lipinski definition) is 4. The summed E-state index contributed by atoms with van der Waals surface area (Å²) in [5, 5.41) is 20.0. The third kappa shape index (κ3) is 10.2.